The van der Waals surface area contributed by atoms with Gasteiger partial charge in [0.25, 0.3) is 0 Å². The van der Waals surface area contributed by atoms with Gasteiger partial charge >= 0.3 is 0 Å². The number of para-hydroxylation sites is 2. The van der Waals surface area contributed by atoms with E-state index in [2.05, 4.69) is 4.90 Å². The maximum absolute atomic E-state index is 13.6. The first-order valence-electron chi connectivity index (χ1n) is 12.1. The Morgan fingerprint density at radius 2 is 1.62 bits per heavy atom. The van der Waals surface area contributed by atoms with Crippen LogP contribution in [0.5, 0.6) is 5.75 Å². The number of anilines is 1. The Morgan fingerprint density at radius 1 is 0.971 bits per heavy atom. The molecule has 1 aliphatic heterocycles. The summed E-state index contributed by atoms with van der Waals surface area (Å²) in [5.41, 5.74) is 2.02. The molecule has 2 aromatic carbocycles. The van der Waals surface area contributed by atoms with Crippen LogP contribution in [0.1, 0.15) is 37.7 Å². The average molecular weight is 486 g/mol. The standard InChI is InChI=1S/C26H35N3O4S/c1-21-12-14-23(15-13-21)34(31,32)29(22-8-4-3-5-9-22)20-26(30)28-18-16-27(17-19-28)24-10-6-7-11-25(24)33-2/h6-7,10-15,22H,3-5,8-9,16-20H2,1-2H3. The third-order valence-corrected chi connectivity index (χ3v) is 8.87. The van der Waals surface area contributed by atoms with E-state index in [1.165, 1.54) is 4.31 Å². The van der Waals surface area contributed by atoms with Gasteiger partial charge in [-0.2, -0.15) is 4.31 Å². The summed E-state index contributed by atoms with van der Waals surface area (Å²) in [5.74, 6) is 0.691. The molecule has 0 spiro atoms. The lowest BCUT2D eigenvalue weighted by molar-refractivity contribution is -0.132. The fourth-order valence-electron chi connectivity index (χ4n) is 4.95. The number of piperazine rings is 1. The quantitative estimate of drug-likeness (QED) is 0.599. The molecule has 4 rings (SSSR count). The number of methoxy groups -OCH3 is 1. The molecule has 0 atom stereocenters. The van der Waals surface area contributed by atoms with Gasteiger partial charge in [-0.15, -0.1) is 0 Å². The number of rotatable bonds is 7. The van der Waals surface area contributed by atoms with Crippen LogP contribution in [0.4, 0.5) is 5.69 Å². The van der Waals surface area contributed by atoms with Crippen LogP contribution >= 0.6 is 0 Å². The van der Waals surface area contributed by atoms with Crippen LogP contribution < -0.4 is 9.64 Å². The van der Waals surface area contributed by atoms with Crippen molar-refractivity contribution >= 4 is 21.6 Å². The second kappa shape index (κ2) is 10.8. The van der Waals surface area contributed by atoms with E-state index >= 15 is 0 Å². The van der Waals surface area contributed by atoms with Crippen molar-refractivity contribution in [3.05, 3.63) is 54.1 Å². The molecule has 1 heterocycles. The van der Waals surface area contributed by atoms with Gasteiger partial charge in [0.05, 0.1) is 24.2 Å². The van der Waals surface area contributed by atoms with Crippen LogP contribution in [-0.2, 0) is 14.8 Å². The predicted molar refractivity (Wildman–Crippen MR) is 134 cm³/mol. The number of aryl methyl sites for hydroxylation is 1. The molecule has 0 aromatic heterocycles. The number of hydrogen-bond acceptors (Lipinski definition) is 5. The van der Waals surface area contributed by atoms with Crippen LogP contribution in [0.15, 0.2) is 53.4 Å². The SMILES string of the molecule is COc1ccccc1N1CCN(C(=O)CN(C2CCCCC2)S(=O)(=O)c2ccc(C)cc2)CC1. The van der Waals surface area contributed by atoms with Crippen molar-refractivity contribution < 1.29 is 17.9 Å². The van der Waals surface area contributed by atoms with E-state index in [9.17, 15) is 13.2 Å². The highest BCUT2D eigenvalue weighted by Gasteiger charge is 2.35. The molecule has 2 aliphatic rings. The molecule has 0 bridgehead atoms. The van der Waals surface area contributed by atoms with Gasteiger partial charge in [0.1, 0.15) is 5.75 Å². The lowest BCUT2D eigenvalue weighted by atomic mass is 9.95. The van der Waals surface area contributed by atoms with E-state index in [1.807, 2.05) is 43.3 Å². The van der Waals surface area contributed by atoms with E-state index in [4.69, 9.17) is 4.74 Å². The van der Waals surface area contributed by atoms with E-state index in [0.29, 0.717) is 26.2 Å². The Hall–Kier alpha value is -2.58. The lowest BCUT2D eigenvalue weighted by Crippen LogP contribution is -2.53. The Bertz CT molecular complexity index is 1070. The Balaban J connectivity index is 1.47. The topological polar surface area (TPSA) is 70.2 Å². The van der Waals surface area contributed by atoms with Crippen molar-refractivity contribution in [2.45, 2.75) is 50.0 Å². The first-order chi connectivity index (χ1) is 16.4. The Kier molecular flexibility index (Phi) is 7.78. The van der Waals surface area contributed by atoms with Gasteiger partial charge in [-0.05, 0) is 44.0 Å². The third kappa shape index (κ3) is 5.39. The average Bonchev–Trinajstić information content (AvgIpc) is 2.88. The largest absolute Gasteiger partial charge is 0.495 e. The number of sulfonamides is 1. The fraction of sp³-hybridized carbons (Fsp3) is 0.500. The molecule has 0 N–H and O–H groups in total. The number of ether oxygens (including phenoxy) is 1. The summed E-state index contributed by atoms with van der Waals surface area (Å²) in [5, 5.41) is 0. The Labute approximate surface area is 203 Å². The zero-order valence-electron chi connectivity index (χ0n) is 20.2. The van der Waals surface area contributed by atoms with E-state index in [0.717, 1.165) is 49.1 Å². The molecular formula is C26H35N3O4S. The normalized spacial score (nSPS) is 17.7. The summed E-state index contributed by atoms with van der Waals surface area (Å²) in [4.78, 5) is 17.6. The second-order valence-corrected chi connectivity index (χ2v) is 11.1. The third-order valence-electron chi connectivity index (χ3n) is 6.96. The summed E-state index contributed by atoms with van der Waals surface area (Å²) in [6, 6.07) is 14.7. The van der Waals surface area contributed by atoms with Gasteiger partial charge in [-0.3, -0.25) is 4.79 Å². The highest BCUT2D eigenvalue weighted by molar-refractivity contribution is 7.89. The molecule has 2 fully saturated rings. The summed E-state index contributed by atoms with van der Waals surface area (Å²) >= 11 is 0. The monoisotopic (exact) mass is 485 g/mol. The van der Waals surface area contributed by atoms with Crippen LogP contribution in [0.3, 0.4) is 0 Å². The maximum Gasteiger partial charge on any atom is 0.243 e. The number of hydrogen-bond donors (Lipinski definition) is 0. The van der Waals surface area contributed by atoms with Crippen LogP contribution in [0.2, 0.25) is 0 Å². The first kappa shape index (κ1) is 24.5. The van der Waals surface area contributed by atoms with Gasteiger partial charge in [-0.25, -0.2) is 8.42 Å². The molecule has 184 valence electrons. The number of amides is 1. The smallest absolute Gasteiger partial charge is 0.243 e. The number of carbonyl (C=O) groups excluding carboxylic acids is 1. The van der Waals surface area contributed by atoms with Gasteiger partial charge in [-0.1, -0.05) is 49.1 Å². The molecule has 0 unspecified atom stereocenters. The molecule has 1 amide bonds. The summed E-state index contributed by atoms with van der Waals surface area (Å²) in [7, 11) is -2.10. The van der Waals surface area contributed by atoms with Crippen molar-refractivity contribution in [2.75, 3.05) is 44.7 Å². The molecule has 1 saturated heterocycles. The van der Waals surface area contributed by atoms with Crippen molar-refractivity contribution in [1.82, 2.24) is 9.21 Å². The fourth-order valence-corrected chi connectivity index (χ4v) is 6.58. The minimum absolute atomic E-state index is 0.102. The van der Waals surface area contributed by atoms with Crippen molar-refractivity contribution in [3.8, 4) is 5.75 Å². The molecule has 2 aromatic rings. The minimum atomic E-state index is -3.76. The van der Waals surface area contributed by atoms with Crippen molar-refractivity contribution in [2.24, 2.45) is 0 Å². The second-order valence-electron chi connectivity index (χ2n) is 9.19. The van der Waals surface area contributed by atoms with Crippen molar-refractivity contribution in [1.29, 1.82) is 0 Å². The van der Waals surface area contributed by atoms with Gasteiger partial charge in [0.15, 0.2) is 0 Å². The minimum Gasteiger partial charge on any atom is -0.495 e. The van der Waals surface area contributed by atoms with Gasteiger partial charge < -0.3 is 14.5 Å². The molecule has 0 radical (unpaired) electrons. The number of carbonyl (C=O) groups is 1. The molecule has 34 heavy (non-hydrogen) atoms. The van der Waals surface area contributed by atoms with E-state index < -0.39 is 10.0 Å². The Morgan fingerprint density at radius 3 is 2.26 bits per heavy atom. The first-order valence-corrected chi connectivity index (χ1v) is 13.6. The van der Waals surface area contributed by atoms with Crippen molar-refractivity contribution in [3.63, 3.8) is 0 Å². The molecular weight excluding hydrogens is 450 g/mol. The van der Waals surface area contributed by atoms with Gasteiger partial charge in [0, 0.05) is 32.2 Å². The van der Waals surface area contributed by atoms with Gasteiger partial charge in [0.2, 0.25) is 15.9 Å². The number of nitrogens with zero attached hydrogens (tertiary/aromatic N) is 3. The van der Waals surface area contributed by atoms with Crippen LogP contribution in [0, 0.1) is 6.92 Å². The molecule has 1 saturated carbocycles. The zero-order chi connectivity index (χ0) is 24.1. The van der Waals surface area contributed by atoms with E-state index in [1.54, 1.807) is 24.1 Å². The predicted octanol–water partition coefficient (Wildman–Crippen LogP) is 3.68. The molecule has 1 aliphatic carbocycles. The highest BCUT2D eigenvalue weighted by Crippen LogP contribution is 2.30. The summed E-state index contributed by atoms with van der Waals surface area (Å²) in [6.07, 6.45) is 4.72. The molecule has 7 nitrogen and oxygen atoms in total. The van der Waals surface area contributed by atoms with Crippen LogP contribution in [-0.4, -0.2) is 69.4 Å². The lowest BCUT2D eigenvalue weighted by Gasteiger charge is -2.38. The van der Waals surface area contributed by atoms with E-state index in [-0.39, 0.29) is 23.4 Å². The zero-order valence-corrected chi connectivity index (χ0v) is 21.0. The van der Waals surface area contributed by atoms with Crippen LogP contribution in [0.25, 0.3) is 0 Å². The highest BCUT2D eigenvalue weighted by atomic mass is 32.2. The number of benzene rings is 2. The summed E-state index contributed by atoms with van der Waals surface area (Å²) < 4.78 is 34.2. The molecule has 8 heteroatoms. The maximum atomic E-state index is 13.6. The summed E-state index contributed by atoms with van der Waals surface area (Å²) in [6.45, 7) is 4.31.